The molecular formula is C18H16F2O4S. The maximum Gasteiger partial charge on any atom is 0.175 e. The van der Waals surface area contributed by atoms with Gasteiger partial charge in [-0.2, -0.15) is 0 Å². The SMILES string of the molecule is CS(=O)(=O)c1ccc(C2CCC(=O)C2Oc2ccc(F)c(F)c2)cc1. The zero-order valence-electron chi connectivity index (χ0n) is 13.4. The number of hydrogen-bond acceptors (Lipinski definition) is 4. The molecule has 2 unspecified atom stereocenters. The highest BCUT2D eigenvalue weighted by Crippen LogP contribution is 2.36. The lowest BCUT2D eigenvalue weighted by Crippen LogP contribution is -2.27. The minimum absolute atomic E-state index is 0.0805. The predicted molar refractivity (Wildman–Crippen MR) is 87.3 cm³/mol. The topological polar surface area (TPSA) is 60.4 Å². The summed E-state index contributed by atoms with van der Waals surface area (Å²) < 4.78 is 55.0. The average Bonchev–Trinajstić information content (AvgIpc) is 2.91. The number of sulfone groups is 1. The Balaban J connectivity index is 1.85. The van der Waals surface area contributed by atoms with Gasteiger partial charge in [-0.15, -0.1) is 0 Å². The molecule has 0 N–H and O–H groups in total. The molecule has 4 nitrogen and oxygen atoms in total. The van der Waals surface area contributed by atoms with Gasteiger partial charge in [-0.3, -0.25) is 4.79 Å². The fourth-order valence-corrected chi connectivity index (χ4v) is 3.59. The molecule has 0 aliphatic heterocycles. The van der Waals surface area contributed by atoms with Gasteiger partial charge in [0.05, 0.1) is 4.90 Å². The van der Waals surface area contributed by atoms with Crippen molar-refractivity contribution in [3.63, 3.8) is 0 Å². The fraction of sp³-hybridized carbons (Fsp3) is 0.278. The minimum Gasteiger partial charge on any atom is -0.482 e. The second-order valence-corrected chi connectivity index (χ2v) is 8.08. The van der Waals surface area contributed by atoms with Crippen LogP contribution in [0.15, 0.2) is 47.4 Å². The van der Waals surface area contributed by atoms with E-state index in [4.69, 9.17) is 4.74 Å². The highest BCUT2D eigenvalue weighted by atomic mass is 32.2. The first-order chi connectivity index (χ1) is 11.8. The van der Waals surface area contributed by atoms with E-state index in [1.54, 1.807) is 12.1 Å². The summed E-state index contributed by atoms with van der Waals surface area (Å²) >= 11 is 0. The van der Waals surface area contributed by atoms with E-state index in [0.29, 0.717) is 12.8 Å². The number of benzene rings is 2. The lowest BCUT2D eigenvalue weighted by atomic mass is 9.95. The molecular weight excluding hydrogens is 350 g/mol. The number of carbonyl (C=O) groups excluding carboxylic acids is 1. The molecule has 2 atom stereocenters. The first-order valence-corrected chi connectivity index (χ1v) is 9.59. The summed E-state index contributed by atoms with van der Waals surface area (Å²) in [6.45, 7) is 0. The van der Waals surface area contributed by atoms with Crippen LogP contribution in [0.4, 0.5) is 8.78 Å². The van der Waals surface area contributed by atoms with Crippen LogP contribution in [-0.2, 0) is 14.6 Å². The van der Waals surface area contributed by atoms with E-state index in [0.717, 1.165) is 24.0 Å². The van der Waals surface area contributed by atoms with Gasteiger partial charge in [0.2, 0.25) is 0 Å². The van der Waals surface area contributed by atoms with Crippen LogP contribution >= 0.6 is 0 Å². The molecule has 0 saturated heterocycles. The van der Waals surface area contributed by atoms with E-state index < -0.39 is 27.6 Å². The number of halogens is 2. The third kappa shape index (κ3) is 3.71. The van der Waals surface area contributed by atoms with Crippen LogP contribution in [0.5, 0.6) is 5.75 Å². The molecule has 3 rings (SSSR count). The Labute approximate surface area is 144 Å². The number of hydrogen-bond donors (Lipinski definition) is 0. The van der Waals surface area contributed by atoms with Gasteiger partial charge < -0.3 is 4.74 Å². The Kier molecular flexibility index (Phi) is 4.60. The molecule has 1 aliphatic rings. The largest absolute Gasteiger partial charge is 0.482 e. The molecule has 0 bridgehead atoms. The maximum absolute atomic E-state index is 13.3. The van der Waals surface area contributed by atoms with Crippen LogP contribution < -0.4 is 4.74 Å². The first-order valence-electron chi connectivity index (χ1n) is 7.70. The van der Waals surface area contributed by atoms with Crippen molar-refractivity contribution in [1.29, 1.82) is 0 Å². The summed E-state index contributed by atoms with van der Waals surface area (Å²) in [5.74, 6) is -2.34. The minimum atomic E-state index is -3.30. The normalized spacial score (nSPS) is 20.7. The summed E-state index contributed by atoms with van der Waals surface area (Å²) in [5, 5.41) is 0. The van der Waals surface area contributed by atoms with Crippen LogP contribution in [0.25, 0.3) is 0 Å². The fourth-order valence-electron chi connectivity index (χ4n) is 2.96. The van der Waals surface area contributed by atoms with Crippen LogP contribution in [0.1, 0.15) is 24.3 Å². The molecule has 0 heterocycles. The first kappa shape index (κ1) is 17.5. The van der Waals surface area contributed by atoms with Gasteiger partial charge in [-0.25, -0.2) is 17.2 Å². The molecule has 7 heteroatoms. The van der Waals surface area contributed by atoms with Crippen molar-refractivity contribution in [3.05, 3.63) is 59.7 Å². The molecule has 25 heavy (non-hydrogen) atoms. The summed E-state index contributed by atoms with van der Waals surface area (Å²) in [6, 6.07) is 9.41. The number of ether oxygens (including phenoxy) is 1. The van der Waals surface area contributed by atoms with E-state index >= 15 is 0 Å². The van der Waals surface area contributed by atoms with Crippen LogP contribution in [0, 0.1) is 11.6 Å². The average molecular weight is 366 g/mol. The summed E-state index contributed by atoms with van der Waals surface area (Å²) in [4.78, 5) is 12.3. The van der Waals surface area contributed by atoms with Gasteiger partial charge in [0.25, 0.3) is 0 Å². The van der Waals surface area contributed by atoms with Gasteiger partial charge in [0.15, 0.2) is 33.4 Å². The zero-order valence-corrected chi connectivity index (χ0v) is 14.2. The lowest BCUT2D eigenvalue weighted by Gasteiger charge is -2.20. The van der Waals surface area contributed by atoms with Crippen molar-refractivity contribution in [2.45, 2.75) is 29.8 Å². The monoisotopic (exact) mass is 366 g/mol. The quantitative estimate of drug-likeness (QED) is 0.833. The van der Waals surface area contributed by atoms with Crippen LogP contribution in [0.3, 0.4) is 0 Å². The van der Waals surface area contributed by atoms with Crippen molar-refractivity contribution in [3.8, 4) is 5.75 Å². The summed E-state index contributed by atoms with van der Waals surface area (Å²) in [7, 11) is -3.30. The number of rotatable bonds is 4. The van der Waals surface area contributed by atoms with E-state index in [1.807, 2.05) is 0 Å². The Morgan fingerprint density at radius 1 is 1.04 bits per heavy atom. The second kappa shape index (κ2) is 6.55. The standard InChI is InChI=1S/C18H16F2O4S/c1-25(22,23)13-5-2-11(3-6-13)14-7-9-17(21)18(14)24-12-4-8-15(19)16(20)10-12/h2-6,8,10,14,18H,7,9H2,1H3. The molecule has 1 saturated carbocycles. The Morgan fingerprint density at radius 3 is 2.32 bits per heavy atom. The van der Waals surface area contributed by atoms with Gasteiger partial charge in [-0.1, -0.05) is 12.1 Å². The number of ketones is 1. The molecule has 0 spiro atoms. The van der Waals surface area contributed by atoms with E-state index in [-0.39, 0.29) is 22.3 Å². The predicted octanol–water partition coefficient (Wildman–Crippen LogP) is 3.26. The third-order valence-electron chi connectivity index (χ3n) is 4.28. The number of carbonyl (C=O) groups is 1. The number of Topliss-reactive ketones (excluding diaryl/α,β-unsaturated/α-hetero) is 1. The lowest BCUT2D eigenvalue weighted by molar-refractivity contribution is -0.123. The Morgan fingerprint density at radius 2 is 1.72 bits per heavy atom. The van der Waals surface area contributed by atoms with Crippen molar-refractivity contribution in [2.24, 2.45) is 0 Å². The molecule has 1 fully saturated rings. The van der Waals surface area contributed by atoms with Crippen molar-refractivity contribution in [1.82, 2.24) is 0 Å². The molecule has 132 valence electrons. The van der Waals surface area contributed by atoms with E-state index in [1.165, 1.54) is 18.2 Å². The zero-order chi connectivity index (χ0) is 18.2. The molecule has 0 aromatic heterocycles. The Bertz CT molecular complexity index is 907. The van der Waals surface area contributed by atoms with Gasteiger partial charge >= 0.3 is 0 Å². The van der Waals surface area contributed by atoms with E-state index in [9.17, 15) is 22.0 Å². The van der Waals surface area contributed by atoms with E-state index in [2.05, 4.69) is 0 Å². The molecule has 2 aromatic carbocycles. The third-order valence-corrected chi connectivity index (χ3v) is 5.40. The summed E-state index contributed by atoms with van der Waals surface area (Å²) in [5.41, 5.74) is 0.769. The van der Waals surface area contributed by atoms with Gasteiger partial charge in [-0.05, 0) is 36.2 Å². The molecule has 0 amide bonds. The van der Waals surface area contributed by atoms with Crippen molar-refractivity contribution >= 4 is 15.6 Å². The van der Waals surface area contributed by atoms with Crippen molar-refractivity contribution < 1.29 is 26.7 Å². The maximum atomic E-state index is 13.3. The molecule has 1 aliphatic carbocycles. The van der Waals surface area contributed by atoms with Gasteiger partial charge in [0, 0.05) is 24.7 Å². The molecule has 2 aromatic rings. The van der Waals surface area contributed by atoms with Crippen LogP contribution in [-0.4, -0.2) is 26.6 Å². The second-order valence-electron chi connectivity index (χ2n) is 6.07. The van der Waals surface area contributed by atoms with Gasteiger partial charge in [0.1, 0.15) is 5.75 Å². The smallest absolute Gasteiger partial charge is 0.175 e. The highest BCUT2D eigenvalue weighted by molar-refractivity contribution is 7.90. The van der Waals surface area contributed by atoms with Crippen LogP contribution in [0.2, 0.25) is 0 Å². The Hall–Kier alpha value is -2.28. The summed E-state index contributed by atoms with van der Waals surface area (Å²) in [6.07, 6.45) is 1.17. The van der Waals surface area contributed by atoms with Crippen molar-refractivity contribution in [2.75, 3.05) is 6.26 Å². The highest BCUT2D eigenvalue weighted by Gasteiger charge is 2.37. The molecule has 0 radical (unpaired) electrons.